The number of hydrogen-bond acceptors (Lipinski definition) is 4. The molecule has 0 spiro atoms. The van der Waals surface area contributed by atoms with E-state index in [2.05, 4.69) is 26.3 Å². The van der Waals surface area contributed by atoms with Crippen LogP contribution in [0.1, 0.15) is 28.2 Å². The third-order valence-corrected chi connectivity index (χ3v) is 4.93. The molecule has 2 aromatic rings. The second-order valence-corrected chi connectivity index (χ2v) is 6.15. The zero-order valence-electron chi connectivity index (χ0n) is 14.4. The van der Waals surface area contributed by atoms with Gasteiger partial charge in [-0.25, -0.2) is 0 Å². The first kappa shape index (κ1) is 18.3. The molecule has 0 aliphatic carbocycles. The molecule has 1 aromatic heterocycles. The first-order valence-corrected chi connectivity index (χ1v) is 8.47. The first-order chi connectivity index (χ1) is 11.5. The Morgan fingerprint density at radius 3 is 2.38 bits per heavy atom. The number of ether oxygens (including phenoxy) is 2. The lowest BCUT2D eigenvalue weighted by Crippen LogP contribution is -2.26. The highest BCUT2D eigenvalue weighted by molar-refractivity contribution is 9.10. The fraction of sp³-hybridized carbons (Fsp3) is 0.412. The lowest BCUT2D eigenvalue weighted by molar-refractivity contribution is 0.0946. The standard InChI is InChI=1S/C17H22BrN3O3/c1-11-16(18)12(2)21(20-11)10-6-9-19-17(22)15-13(23-3)7-5-8-14(15)24-4/h5,7-8H,6,9-10H2,1-4H3,(H,19,22). The number of hydrogen-bond donors (Lipinski definition) is 1. The molecule has 1 amide bonds. The number of carbonyl (C=O) groups excluding carboxylic acids is 1. The summed E-state index contributed by atoms with van der Waals surface area (Å²) < 4.78 is 13.5. The molecule has 0 aliphatic rings. The van der Waals surface area contributed by atoms with Crippen molar-refractivity contribution in [3.05, 3.63) is 39.6 Å². The minimum Gasteiger partial charge on any atom is -0.496 e. The molecule has 7 heteroatoms. The summed E-state index contributed by atoms with van der Waals surface area (Å²) in [6, 6.07) is 5.27. The highest BCUT2D eigenvalue weighted by atomic mass is 79.9. The molecule has 130 valence electrons. The molecule has 2 rings (SSSR count). The van der Waals surface area contributed by atoms with Crippen LogP contribution in [-0.4, -0.2) is 36.5 Å². The van der Waals surface area contributed by atoms with Crippen molar-refractivity contribution in [2.45, 2.75) is 26.8 Å². The molecule has 0 saturated heterocycles. The van der Waals surface area contributed by atoms with Crippen LogP contribution in [0.25, 0.3) is 0 Å². The van der Waals surface area contributed by atoms with Gasteiger partial charge in [0.05, 0.1) is 24.4 Å². The van der Waals surface area contributed by atoms with Crippen LogP contribution in [0.15, 0.2) is 22.7 Å². The van der Waals surface area contributed by atoms with Gasteiger partial charge >= 0.3 is 0 Å². The third-order valence-electron chi connectivity index (χ3n) is 3.78. The molecule has 0 bridgehead atoms. The number of carbonyl (C=O) groups is 1. The maximum absolute atomic E-state index is 12.4. The molecule has 0 radical (unpaired) electrons. The van der Waals surface area contributed by atoms with Crippen molar-refractivity contribution in [1.82, 2.24) is 15.1 Å². The quantitative estimate of drug-likeness (QED) is 0.731. The summed E-state index contributed by atoms with van der Waals surface area (Å²) in [6.07, 6.45) is 0.775. The van der Waals surface area contributed by atoms with Gasteiger partial charge in [-0.2, -0.15) is 5.10 Å². The van der Waals surface area contributed by atoms with Crippen LogP contribution in [0.3, 0.4) is 0 Å². The summed E-state index contributed by atoms with van der Waals surface area (Å²) in [5.41, 5.74) is 2.47. The van der Waals surface area contributed by atoms with Gasteiger partial charge in [-0.15, -0.1) is 0 Å². The number of aryl methyl sites for hydroxylation is 2. The monoisotopic (exact) mass is 395 g/mol. The number of halogens is 1. The van der Waals surface area contributed by atoms with E-state index in [1.807, 2.05) is 18.5 Å². The summed E-state index contributed by atoms with van der Waals surface area (Å²) in [7, 11) is 3.07. The largest absolute Gasteiger partial charge is 0.496 e. The average molecular weight is 396 g/mol. The summed E-state index contributed by atoms with van der Waals surface area (Å²) in [5.74, 6) is 0.780. The zero-order valence-corrected chi connectivity index (χ0v) is 15.9. The van der Waals surface area contributed by atoms with Crippen LogP contribution in [0.2, 0.25) is 0 Å². The van der Waals surface area contributed by atoms with Gasteiger partial charge in [0.1, 0.15) is 17.1 Å². The van der Waals surface area contributed by atoms with Crippen molar-refractivity contribution in [3.63, 3.8) is 0 Å². The second kappa shape index (κ2) is 8.19. The predicted octanol–water partition coefficient (Wildman–Crippen LogP) is 3.10. The molecule has 6 nitrogen and oxygen atoms in total. The Morgan fingerprint density at radius 1 is 1.25 bits per heavy atom. The highest BCUT2D eigenvalue weighted by Crippen LogP contribution is 2.27. The molecule has 1 aromatic carbocycles. The number of nitrogens with one attached hydrogen (secondary N) is 1. The average Bonchev–Trinajstić information content (AvgIpc) is 2.84. The third kappa shape index (κ3) is 3.90. The van der Waals surface area contributed by atoms with Crippen LogP contribution in [-0.2, 0) is 6.54 Å². The SMILES string of the molecule is COc1cccc(OC)c1C(=O)NCCCn1nc(C)c(Br)c1C. The zero-order chi connectivity index (χ0) is 17.7. The van der Waals surface area contributed by atoms with Crippen LogP contribution in [0.4, 0.5) is 0 Å². The van der Waals surface area contributed by atoms with Gasteiger partial charge in [0.25, 0.3) is 5.91 Å². The summed E-state index contributed by atoms with van der Waals surface area (Å²) in [4.78, 5) is 12.4. The molecule has 24 heavy (non-hydrogen) atoms. The lowest BCUT2D eigenvalue weighted by Gasteiger charge is -2.13. The van der Waals surface area contributed by atoms with E-state index in [-0.39, 0.29) is 5.91 Å². The first-order valence-electron chi connectivity index (χ1n) is 7.68. The van der Waals surface area contributed by atoms with E-state index >= 15 is 0 Å². The summed E-state index contributed by atoms with van der Waals surface area (Å²) in [5, 5.41) is 7.36. The minimum atomic E-state index is -0.209. The predicted molar refractivity (Wildman–Crippen MR) is 95.9 cm³/mol. The van der Waals surface area contributed by atoms with Gasteiger partial charge in [-0.3, -0.25) is 9.48 Å². The molecule has 0 unspecified atom stereocenters. The Morgan fingerprint density at radius 2 is 1.88 bits per heavy atom. The molecular weight excluding hydrogens is 374 g/mol. The lowest BCUT2D eigenvalue weighted by atomic mass is 10.1. The Balaban J connectivity index is 1.95. The Bertz CT molecular complexity index is 706. The number of rotatable bonds is 7. The van der Waals surface area contributed by atoms with Crippen LogP contribution in [0, 0.1) is 13.8 Å². The second-order valence-electron chi connectivity index (χ2n) is 5.35. The Labute approximate surface area is 150 Å². The van der Waals surface area contributed by atoms with Crippen LogP contribution in [0.5, 0.6) is 11.5 Å². The van der Waals surface area contributed by atoms with Gasteiger partial charge in [0.2, 0.25) is 0 Å². The van der Waals surface area contributed by atoms with Gasteiger partial charge in [0.15, 0.2) is 0 Å². The minimum absolute atomic E-state index is 0.209. The topological polar surface area (TPSA) is 65.4 Å². The fourth-order valence-electron chi connectivity index (χ4n) is 2.49. The van der Waals surface area contributed by atoms with Gasteiger partial charge in [-0.05, 0) is 48.3 Å². The van der Waals surface area contributed by atoms with Crippen molar-refractivity contribution < 1.29 is 14.3 Å². The van der Waals surface area contributed by atoms with Gasteiger partial charge < -0.3 is 14.8 Å². The smallest absolute Gasteiger partial charge is 0.258 e. The van der Waals surface area contributed by atoms with Crippen molar-refractivity contribution >= 4 is 21.8 Å². The van der Waals surface area contributed by atoms with Crippen molar-refractivity contribution in [1.29, 1.82) is 0 Å². The maximum Gasteiger partial charge on any atom is 0.258 e. The van der Waals surface area contributed by atoms with Crippen molar-refractivity contribution in [3.8, 4) is 11.5 Å². The van der Waals surface area contributed by atoms with Crippen LogP contribution >= 0.6 is 15.9 Å². The molecule has 1 heterocycles. The van der Waals surface area contributed by atoms with Crippen LogP contribution < -0.4 is 14.8 Å². The molecule has 0 fully saturated rings. The molecule has 0 aliphatic heterocycles. The number of benzene rings is 1. The molecule has 0 saturated carbocycles. The molecule has 1 N–H and O–H groups in total. The number of methoxy groups -OCH3 is 2. The van der Waals surface area contributed by atoms with Crippen molar-refractivity contribution in [2.75, 3.05) is 20.8 Å². The van der Waals surface area contributed by atoms with Crippen molar-refractivity contribution in [2.24, 2.45) is 0 Å². The van der Waals surface area contributed by atoms with Gasteiger partial charge in [0, 0.05) is 18.8 Å². The van der Waals surface area contributed by atoms with E-state index in [1.54, 1.807) is 18.2 Å². The number of amides is 1. The highest BCUT2D eigenvalue weighted by Gasteiger charge is 2.17. The Kier molecular flexibility index (Phi) is 6.25. The van der Waals surface area contributed by atoms with E-state index in [1.165, 1.54) is 14.2 Å². The fourth-order valence-corrected chi connectivity index (χ4v) is 2.77. The van der Waals surface area contributed by atoms with E-state index < -0.39 is 0 Å². The van der Waals surface area contributed by atoms with Gasteiger partial charge in [-0.1, -0.05) is 6.07 Å². The van der Waals surface area contributed by atoms with E-state index in [4.69, 9.17) is 9.47 Å². The molecular formula is C17H22BrN3O3. The van der Waals surface area contributed by atoms with E-state index in [9.17, 15) is 4.79 Å². The number of aromatic nitrogens is 2. The maximum atomic E-state index is 12.4. The summed E-state index contributed by atoms with van der Waals surface area (Å²) >= 11 is 3.51. The van der Waals surface area contributed by atoms with E-state index in [0.29, 0.717) is 23.6 Å². The summed E-state index contributed by atoms with van der Waals surface area (Å²) in [6.45, 7) is 5.25. The molecule has 0 atom stereocenters. The van der Waals surface area contributed by atoms with E-state index in [0.717, 1.165) is 28.8 Å². The number of nitrogens with zero attached hydrogens (tertiary/aromatic N) is 2. The Hall–Kier alpha value is -2.02. The normalized spacial score (nSPS) is 10.5.